The number of esters is 2. The lowest BCUT2D eigenvalue weighted by molar-refractivity contribution is -0.174. The van der Waals surface area contributed by atoms with Crippen LogP contribution in [0.1, 0.15) is 66.8 Å². The van der Waals surface area contributed by atoms with E-state index in [1.807, 2.05) is 146 Å². The van der Waals surface area contributed by atoms with Gasteiger partial charge in [-0.2, -0.15) is 0 Å². The van der Waals surface area contributed by atoms with Crippen LogP contribution < -0.4 is 10.6 Å². The number of nitrogens with zero attached hydrogens (tertiary/aromatic N) is 4. The molecule has 2 unspecified atom stereocenters. The fourth-order valence-corrected chi connectivity index (χ4v) is 11.0. The molecule has 386 valence electrons. The lowest BCUT2D eigenvalue weighted by atomic mass is 9.77. The molecular formula is C60H56N6O8S2. The zero-order chi connectivity index (χ0) is 53.1. The van der Waals surface area contributed by atoms with Crippen LogP contribution in [0.25, 0.3) is 0 Å². The lowest BCUT2D eigenvalue weighted by Gasteiger charge is -2.47. The lowest BCUT2D eigenvalue weighted by Crippen LogP contribution is -2.62. The standard InChI is InChI=1S/C60H56N6O8S2/c1-41(64-73-38-48-53(68)66-50(35-36-75-54(48)66)55(69)71-40-72-56(70)58(2,3)4)37-61-52(67)51(65-74-60(45-29-17-8-18-30-45,46-31-19-9-20-32-46)47-33-21-10-22-34-47)49-39-76-57(62-49)63-59(42-23-11-5-12-24-42,43-25-13-6-14-26-43)44-27-15-7-16-28-44/h5-35,39,48,54H,36-38,40H2,1-4H3,(H,61,67)(H,62,63)/b64-41+,65-51-. The molecule has 1 fully saturated rings. The van der Waals surface area contributed by atoms with Gasteiger partial charge < -0.3 is 29.8 Å². The number of β-lactam (4-membered cyclic amide) rings is 1. The molecule has 2 atom stereocenters. The minimum absolute atomic E-state index is 0.0607. The number of nitrogens with one attached hydrogen (secondary N) is 2. The molecule has 0 bridgehead atoms. The van der Waals surface area contributed by atoms with E-state index in [9.17, 15) is 19.2 Å². The molecule has 9 rings (SSSR count). The molecule has 16 heteroatoms. The van der Waals surface area contributed by atoms with E-state index in [-0.39, 0.29) is 36.2 Å². The molecule has 1 saturated heterocycles. The number of benzene rings is 6. The van der Waals surface area contributed by atoms with Crippen LogP contribution in [0.15, 0.2) is 209 Å². The number of anilines is 1. The number of thioether (sulfide) groups is 1. The van der Waals surface area contributed by atoms with Crippen LogP contribution in [-0.4, -0.2) is 76.1 Å². The average Bonchev–Trinajstić information content (AvgIpc) is 3.95. The van der Waals surface area contributed by atoms with E-state index in [0.29, 0.717) is 16.6 Å². The van der Waals surface area contributed by atoms with Crippen LogP contribution in [0, 0.1) is 11.3 Å². The van der Waals surface area contributed by atoms with Crippen LogP contribution in [0.5, 0.6) is 0 Å². The Morgan fingerprint density at radius 1 is 0.684 bits per heavy atom. The van der Waals surface area contributed by atoms with Gasteiger partial charge in [0.2, 0.25) is 18.3 Å². The van der Waals surface area contributed by atoms with Crippen molar-refractivity contribution in [3.05, 3.63) is 238 Å². The van der Waals surface area contributed by atoms with Crippen molar-refractivity contribution in [2.75, 3.05) is 31.0 Å². The molecule has 76 heavy (non-hydrogen) atoms. The van der Waals surface area contributed by atoms with Crippen LogP contribution in [0.4, 0.5) is 5.13 Å². The summed E-state index contributed by atoms with van der Waals surface area (Å²) < 4.78 is 10.3. The van der Waals surface area contributed by atoms with Crippen LogP contribution in [0.2, 0.25) is 0 Å². The first kappa shape index (κ1) is 52.5. The van der Waals surface area contributed by atoms with Crippen molar-refractivity contribution in [1.82, 2.24) is 15.2 Å². The Balaban J connectivity index is 0.989. The second kappa shape index (κ2) is 23.5. The first-order valence-corrected chi connectivity index (χ1v) is 26.6. The van der Waals surface area contributed by atoms with Crippen LogP contribution >= 0.6 is 23.1 Å². The Morgan fingerprint density at radius 3 is 1.66 bits per heavy atom. The molecule has 6 aromatic carbocycles. The van der Waals surface area contributed by atoms with Crippen LogP contribution in [-0.2, 0) is 49.5 Å². The van der Waals surface area contributed by atoms with Crippen molar-refractivity contribution in [2.45, 2.75) is 44.2 Å². The van der Waals surface area contributed by atoms with Gasteiger partial charge in [0.05, 0.1) is 23.0 Å². The van der Waals surface area contributed by atoms with Gasteiger partial charge >= 0.3 is 11.9 Å². The first-order valence-electron chi connectivity index (χ1n) is 24.7. The van der Waals surface area contributed by atoms with Gasteiger partial charge in [-0.3, -0.25) is 19.3 Å². The fraction of sp³-hybridized carbons (Fsp3) is 0.217. The summed E-state index contributed by atoms with van der Waals surface area (Å²) in [5.74, 6) is -2.38. The molecule has 14 nitrogen and oxygen atoms in total. The van der Waals surface area contributed by atoms with Crippen molar-refractivity contribution in [3.63, 3.8) is 0 Å². The average molecular weight is 1050 g/mol. The van der Waals surface area contributed by atoms with Gasteiger partial charge in [-0.05, 0) is 50.5 Å². The number of rotatable bonds is 20. The molecule has 1 aromatic heterocycles. The number of thiazole rings is 1. The number of ether oxygens (including phenoxy) is 2. The molecule has 0 spiro atoms. The van der Waals surface area contributed by atoms with Gasteiger partial charge in [-0.15, -0.1) is 23.1 Å². The second-order valence-corrected chi connectivity index (χ2v) is 21.0. The summed E-state index contributed by atoms with van der Waals surface area (Å²) in [6.45, 7) is 6.05. The summed E-state index contributed by atoms with van der Waals surface area (Å²) >= 11 is 2.80. The Bertz CT molecular complexity index is 3030. The maximum Gasteiger partial charge on any atom is 0.357 e. The molecule has 2 aliphatic rings. The summed E-state index contributed by atoms with van der Waals surface area (Å²) in [7, 11) is 0. The smallest absolute Gasteiger partial charge is 0.357 e. The highest BCUT2D eigenvalue weighted by atomic mass is 32.2. The molecule has 0 aliphatic carbocycles. The number of amides is 2. The first-order chi connectivity index (χ1) is 36.9. The molecule has 0 saturated carbocycles. The van der Waals surface area contributed by atoms with Crippen molar-refractivity contribution in [3.8, 4) is 0 Å². The number of oxime groups is 2. The van der Waals surface area contributed by atoms with E-state index >= 15 is 0 Å². The third kappa shape index (κ3) is 11.2. The zero-order valence-corrected chi connectivity index (χ0v) is 44.0. The predicted molar refractivity (Wildman–Crippen MR) is 295 cm³/mol. The predicted octanol–water partition coefficient (Wildman–Crippen LogP) is 10.3. The molecular weight excluding hydrogens is 997 g/mol. The Kier molecular flexibility index (Phi) is 16.2. The maximum absolute atomic E-state index is 14.8. The van der Waals surface area contributed by atoms with E-state index in [1.165, 1.54) is 28.0 Å². The summed E-state index contributed by atoms with van der Waals surface area (Å²) in [6, 6.07) is 59.7. The fourth-order valence-electron chi connectivity index (χ4n) is 8.99. The molecule has 2 N–H and O–H groups in total. The molecule has 2 aliphatic heterocycles. The van der Waals surface area contributed by atoms with Crippen molar-refractivity contribution in [2.24, 2.45) is 21.6 Å². The normalized spacial score (nSPS) is 15.8. The number of hydrogen-bond acceptors (Lipinski definition) is 14. The highest BCUT2D eigenvalue weighted by Gasteiger charge is 2.53. The largest absolute Gasteiger partial charge is 0.427 e. The Labute approximate surface area is 449 Å². The van der Waals surface area contributed by atoms with Gasteiger partial charge in [-0.1, -0.05) is 192 Å². The summed E-state index contributed by atoms with van der Waals surface area (Å²) in [6.07, 6.45) is 1.61. The Hall–Kier alpha value is -8.34. The monoisotopic (exact) mass is 1050 g/mol. The number of aromatic nitrogens is 1. The maximum atomic E-state index is 14.8. The van der Waals surface area contributed by atoms with Gasteiger partial charge in [0, 0.05) is 27.8 Å². The second-order valence-electron chi connectivity index (χ2n) is 19.0. The van der Waals surface area contributed by atoms with Crippen molar-refractivity contribution in [1.29, 1.82) is 0 Å². The third-order valence-electron chi connectivity index (χ3n) is 12.8. The minimum Gasteiger partial charge on any atom is -0.427 e. The SMILES string of the molecule is C/C(CNC(=O)/C(=N\OC(c1ccccc1)(c1ccccc1)c1ccccc1)c1csc(NC(c2ccccc2)(c2ccccc2)c2ccccc2)n1)=N\OCC1C(=O)N2C(C(=O)OCOC(=O)C(C)(C)C)=CCSC12. The quantitative estimate of drug-likeness (QED) is 0.0186. The molecule has 7 aromatic rings. The topological polar surface area (TPSA) is 170 Å². The van der Waals surface area contributed by atoms with Gasteiger partial charge in [0.25, 0.3) is 5.91 Å². The number of carbonyl (C=O) groups excluding carboxylic acids is 4. The van der Waals surface area contributed by atoms with Gasteiger partial charge in [-0.25, -0.2) is 9.78 Å². The van der Waals surface area contributed by atoms with Crippen molar-refractivity contribution >= 4 is 63.4 Å². The highest BCUT2D eigenvalue weighted by Crippen LogP contribution is 2.44. The van der Waals surface area contributed by atoms with E-state index in [1.54, 1.807) is 39.2 Å². The summed E-state index contributed by atoms with van der Waals surface area (Å²) in [5.41, 5.74) is 2.91. The summed E-state index contributed by atoms with van der Waals surface area (Å²) in [5, 5.41) is 17.7. The van der Waals surface area contributed by atoms with Crippen LogP contribution in [0.3, 0.4) is 0 Å². The minimum atomic E-state index is -1.32. The number of fused-ring (bicyclic) bond motifs is 1. The Morgan fingerprint density at radius 2 is 1.17 bits per heavy atom. The molecule has 0 radical (unpaired) electrons. The molecule has 3 heterocycles. The van der Waals surface area contributed by atoms with E-state index in [4.69, 9.17) is 29.3 Å². The van der Waals surface area contributed by atoms with Crippen molar-refractivity contribution < 1.29 is 38.3 Å². The van der Waals surface area contributed by atoms with Gasteiger partial charge in [0.15, 0.2) is 10.8 Å². The van der Waals surface area contributed by atoms with Gasteiger partial charge in [0.1, 0.15) is 29.5 Å². The number of carbonyl (C=O) groups is 4. The zero-order valence-electron chi connectivity index (χ0n) is 42.3. The van der Waals surface area contributed by atoms with E-state index in [0.717, 1.165) is 33.4 Å². The molecule has 2 amide bonds. The van der Waals surface area contributed by atoms with E-state index < -0.39 is 52.5 Å². The highest BCUT2D eigenvalue weighted by molar-refractivity contribution is 8.00. The summed E-state index contributed by atoms with van der Waals surface area (Å²) in [4.78, 5) is 72.4. The van der Waals surface area contributed by atoms with E-state index in [2.05, 4.69) is 52.2 Å². The third-order valence-corrected chi connectivity index (χ3v) is 14.8. The number of hydrogen-bond donors (Lipinski definition) is 2.